The quantitative estimate of drug-likeness (QED) is 0.798. The molecule has 1 unspecified atom stereocenters. The molecular formula is C15H23N3OS. The standard InChI is InChI=1S/C15H23N3OS/c1-4-6-15(11-16,7-5-2)14(19)18-10-12(3)13-17-8-9-20-13/h8-9,12H,4-7,10H2,1-3H3,(H,18,19). The summed E-state index contributed by atoms with van der Waals surface area (Å²) in [7, 11) is 0. The lowest BCUT2D eigenvalue weighted by Crippen LogP contribution is -2.41. The van der Waals surface area contributed by atoms with E-state index >= 15 is 0 Å². The second kappa shape index (κ2) is 8.01. The first kappa shape index (κ1) is 16.6. The maximum atomic E-state index is 12.4. The van der Waals surface area contributed by atoms with E-state index in [0.29, 0.717) is 19.4 Å². The van der Waals surface area contributed by atoms with Gasteiger partial charge in [0.1, 0.15) is 5.41 Å². The highest BCUT2D eigenvalue weighted by molar-refractivity contribution is 7.09. The van der Waals surface area contributed by atoms with Gasteiger partial charge in [-0.05, 0) is 12.8 Å². The fourth-order valence-electron chi connectivity index (χ4n) is 2.35. The van der Waals surface area contributed by atoms with E-state index in [1.165, 1.54) is 0 Å². The van der Waals surface area contributed by atoms with Gasteiger partial charge in [0.25, 0.3) is 0 Å². The summed E-state index contributed by atoms with van der Waals surface area (Å²) in [4.78, 5) is 16.7. The van der Waals surface area contributed by atoms with Crippen molar-refractivity contribution >= 4 is 17.2 Å². The highest BCUT2D eigenvalue weighted by Gasteiger charge is 2.36. The van der Waals surface area contributed by atoms with Crippen molar-refractivity contribution in [3.63, 3.8) is 0 Å². The zero-order valence-corrected chi connectivity index (χ0v) is 13.3. The summed E-state index contributed by atoms with van der Waals surface area (Å²) in [5.74, 6) is 0.0469. The van der Waals surface area contributed by atoms with Gasteiger partial charge in [0.05, 0.1) is 11.1 Å². The van der Waals surface area contributed by atoms with Crippen molar-refractivity contribution in [3.8, 4) is 6.07 Å². The Bertz CT molecular complexity index is 444. The average molecular weight is 293 g/mol. The van der Waals surface area contributed by atoms with Crippen molar-refractivity contribution in [3.05, 3.63) is 16.6 Å². The number of hydrogen-bond donors (Lipinski definition) is 1. The Morgan fingerprint density at radius 3 is 2.60 bits per heavy atom. The second-order valence-corrected chi connectivity index (χ2v) is 6.10. The van der Waals surface area contributed by atoms with Gasteiger partial charge in [-0.3, -0.25) is 4.79 Å². The van der Waals surface area contributed by atoms with Gasteiger partial charge in [0.2, 0.25) is 5.91 Å². The molecule has 0 fully saturated rings. The lowest BCUT2D eigenvalue weighted by atomic mass is 9.79. The number of carbonyl (C=O) groups excluding carboxylic acids is 1. The summed E-state index contributed by atoms with van der Waals surface area (Å²) in [5.41, 5.74) is -0.869. The number of rotatable bonds is 8. The maximum absolute atomic E-state index is 12.4. The van der Waals surface area contributed by atoms with Crippen LogP contribution in [0.3, 0.4) is 0 Å². The third-order valence-electron chi connectivity index (χ3n) is 3.44. The molecule has 1 aromatic rings. The molecule has 0 spiro atoms. The number of nitriles is 1. The van der Waals surface area contributed by atoms with E-state index in [2.05, 4.69) is 16.4 Å². The lowest BCUT2D eigenvalue weighted by molar-refractivity contribution is -0.129. The first-order valence-corrected chi connectivity index (χ1v) is 8.06. The predicted molar refractivity (Wildman–Crippen MR) is 81.4 cm³/mol. The van der Waals surface area contributed by atoms with Gasteiger partial charge in [-0.15, -0.1) is 11.3 Å². The molecule has 0 radical (unpaired) electrons. The van der Waals surface area contributed by atoms with Gasteiger partial charge in [0.15, 0.2) is 0 Å². The lowest BCUT2D eigenvalue weighted by Gasteiger charge is -2.25. The molecule has 0 saturated carbocycles. The van der Waals surface area contributed by atoms with Crippen LogP contribution in [0.15, 0.2) is 11.6 Å². The number of nitrogens with zero attached hydrogens (tertiary/aromatic N) is 2. The third-order valence-corrected chi connectivity index (χ3v) is 4.45. The molecule has 0 aromatic carbocycles. The smallest absolute Gasteiger partial charge is 0.240 e. The van der Waals surface area contributed by atoms with E-state index in [4.69, 9.17) is 0 Å². The van der Waals surface area contributed by atoms with Crippen molar-refractivity contribution in [2.45, 2.75) is 52.4 Å². The van der Waals surface area contributed by atoms with Gasteiger partial charge in [0, 0.05) is 24.0 Å². The number of hydrogen-bond acceptors (Lipinski definition) is 4. The molecule has 1 N–H and O–H groups in total. The van der Waals surface area contributed by atoms with Crippen LogP contribution in [0.1, 0.15) is 57.4 Å². The van der Waals surface area contributed by atoms with E-state index in [1.54, 1.807) is 17.5 Å². The van der Waals surface area contributed by atoms with Crippen LogP contribution >= 0.6 is 11.3 Å². The number of thiazole rings is 1. The normalized spacial score (nSPS) is 12.7. The Balaban J connectivity index is 2.65. The van der Waals surface area contributed by atoms with E-state index in [1.807, 2.05) is 26.2 Å². The van der Waals surface area contributed by atoms with Crippen molar-refractivity contribution in [1.82, 2.24) is 10.3 Å². The van der Waals surface area contributed by atoms with Gasteiger partial charge in [-0.1, -0.05) is 33.6 Å². The number of amides is 1. The zero-order chi connectivity index (χ0) is 15.0. The van der Waals surface area contributed by atoms with Crippen molar-refractivity contribution in [2.24, 2.45) is 5.41 Å². The van der Waals surface area contributed by atoms with Crippen LogP contribution in [-0.2, 0) is 4.79 Å². The third kappa shape index (κ3) is 4.04. The van der Waals surface area contributed by atoms with Gasteiger partial charge < -0.3 is 5.32 Å². The Kier molecular flexibility index (Phi) is 6.66. The fraction of sp³-hybridized carbons (Fsp3) is 0.667. The van der Waals surface area contributed by atoms with Gasteiger partial charge in [-0.2, -0.15) is 5.26 Å². The Morgan fingerprint density at radius 2 is 2.15 bits per heavy atom. The monoisotopic (exact) mass is 293 g/mol. The molecule has 0 aliphatic rings. The van der Waals surface area contributed by atoms with Crippen LogP contribution in [0, 0.1) is 16.7 Å². The summed E-state index contributed by atoms with van der Waals surface area (Å²) in [5, 5.41) is 15.3. The number of nitrogens with one attached hydrogen (secondary N) is 1. The molecule has 110 valence electrons. The SMILES string of the molecule is CCCC(C#N)(CCC)C(=O)NCC(C)c1nccs1. The van der Waals surface area contributed by atoms with Gasteiger partial charge in [-0.25, -0.2) is 4.98 Å². The Labute approximate surface area is 125 Å². The first-order valence-electron chi connectivity index (χ1n) is 7.18. The number of carbonyl (C=O) groups is 1. The largest absolute Gasteiger partial charge is 0.354 e. The van der Waals surface area contributed by atoms with E-state index in [-0.39, 0.29) is 11.8 Å². The molecule has 1 atom stereocenters. The maximum Gasteiger partial charge on any atom is 0.240 e. The molecular weight excluding hydrogens is 270 g/mol. The zero-order valence-electron chi connectivity index (χ0n) is 12.5. The first-order chi connectivity index (χ1) is 9.59. The van der Waals surface area contributed by atoms with Crippen LogP contribution < -0.4 is 5.32 Å². The highest BCUT2D eigenvalue weighted by atomic mass is 32.1. The summed E-state index contributed by atoms with van der Waals surface area (Å²) in [6, 6.07) is 2.25. The van der Waals surface area contributed by atoms with Crippen molar-refractivity contribution in [1.29, 1.82) is 5.26 Å². The summed E-state index contributed by atoms with van der Waals surface area (Å²) in [6.07, 6.45) is 4.68. The van der Waals surface area contributed by atoms with Crippen LogP contribution in [0.2, 0.25) is 0 Å². The molecule has 0 aliphatic heterocycles. The molecule has 4 nitrogen and oxygen atoms in total. The van der Waals surface area contributed by atoms with Crippen LogP contribution in [0.5, 0.6) is 0 Å². The molecule has 0 saturated heterocycles. The van der Waals surface area contributed by atoms with Crippen LogP contribution in [-0.4, -0.2) is 17.4 Å². The minimum Gasteiger partial charge on any atom is -0.354 e. The Morgan fingerprint density at radius 1 is 1.50 bits per heavy atom. The summed E-state index contributed by atoms with van der Waals surface area (Å²) in [6.45, 7) is 6.58. The van der Waals surface area contributed by atoms with E-state index < -0.39 is 5.41 Å². The minimum absolute atomic E-state index is 0.132. The molecule has 1 amide bonds. The fourth-order valence-corrected chi connectivity index (χ4v) is 3.05. The summed E-state index contributed by atoms with van der Waals surface area (Å²) < 4.78 is 0. The van der Waals surface area contributed by atoms with E-state index in [0.717, 1.165) is 17.8 Å². The van der Waals surface area contributed by atoms with Crippen LogP contribution in [0.4, 0.5) is 0 Å². The van der Waals surface area contributed by atoms with Gasteiger partial charge >= 0.3 is 0 Å². The molecule has 1 aromatic heterocycles. The predicted octanol–water partition coefficient (Wildman–Crippen LogP) is 3.47. The minimum atomic E-state index is -0.869. The highest BCUT2D eigenvalue weighted by Crippen LogP contribution is 2.29. The van der Waals surface area contributed by atoms with Crippen molar-refractivity contribution in [2.75, 3.05) is 6.54 Å². The molecule has 0 bridgehead atoms. The van der Waals surface area contributed by atoms with E-state index in [9.17, 15) is 10.1 Å². The molecule has 1 rings (SSSR count). The number of aromatic nitrogens is 1. The average Bonchev–Trinajstić information content (AvgIpc) is 2.98. The molecule has 1 heterocycles. The Hall–Kier alpha value is -1.41. The molecule has 20 heavy (non-hydrogen) atoms. The molecule has 5 heteroatoms. The second-order valence-electron chi connectivity index (χ2n) is 5.18. The molecule has 0 aliphatic carbocycles. The topological polar surface area (TPSA) is 65.8 Å². The summed E-state index contributed by atoms with van der Waals surface area (Å²) >= 11 is 1.59. The van der Waals surface area contributed by atoms with Crippen LogP contribution in [0.25, 0.3) is 0 Å². The van der Waals surface area contributed by atoms with Crippen molar-refractivity contribution < 1.29 is 4.79 Å².